The summed E-state index contributed by atoms with van der Waals surface area (Å²) in [5.41, 5.74) is 1.24. The molecular formula is C21H18Cl2N2O4S. The summed E-state index contributed by atoms with van der Waals surface area (Å²) < 4.78 is 33.1. The van der Waals surface area contributed by atoms with Gasteiger partial charge in [-0.15, -0.1) is 0 Å². The highest BCUT2D eigenvalue weighted by molar-refractivity contribution is 7.92. The smallest absolute Gasteiger partial charge is 0.263 e. The number of hydrogen-bond acceptors (Lipinski definition) is 4. The van der Waals surface area contributed by atoms with Crippen molar-refractivity contribution in [2.24, 2.45) is 0 Å². The molecule has 0 aromatic heterocycles. The van der Waals surface area contributed by atoms with Crippen LogP contribution in [0.1, 0.15) is 15.9 Å². The van der Waals surface area contributed by atoms with E-state index in [0.717, 1.165) is 5.56 Å². The Morgan fingerprint density at radius 1 is 0.967 bits per heavy atom. The third-order valence-corrected chi connectivity index (χ3v) is 6.39. The fourth-order valence-electron chi connectivity index (χ4n) is 2.62. The van der Waals surface area contributed by atoms with Crippen molar-refractivity contribution in [3.8, 4) is 5.75 Å². The van der Waals surface area contributed by atoms with E-state index in [4.69, 9.17) is 27.9 Å². The molecule has 0 saturated heterocycles. The van der Waals surface area contributed by atoms with Gasteiger partial charge in [0.15, 0.2) is 0 Å². The lowest BCUT2D eigenvalue weighted by atomic mass is 10.2. The molecular weight excluding hydrogens is 447 g/mol. The largest absolute Gasteiger partial charge is 0.497 e. The molecule has 1 amide bonds. The van der Waals surface area contributed by atoms with Crippen LogP contribution in [0.4, 0.5) is 5.69 Å². The summed E-state index contributed by atoms with van der Waals surface area (Å²) in [6.07, 6.45) is 0. The number of anilines is 1. The standard InChI is InChI=1S/C21H18Cl2N2O4S/c1-29-16-9-6-14(7-10-16)13-24-21(26)15-8-11-18(23)20(12-15)30(27,28)25-19-5-3-2-4-17(19)22/h2-12,25H,13H2,1H3,(H,24,26). The quantitative estimate of drug-likeness (QED) is 0.528. The maximum Gasteiger partial charge on any atom is 0.263 e. The maximum atomic E-state index is 12.8. The molecule has 9 heteroatoms. The minimum Gasteiger partial charge on any atom is -0.497 e. The lowest BCUT2D eigenvalue weighted by molar-refractivity contribution is 0.0950. The van der Waals surface area contributed by atoms with Gasteiger partial charge in [-0.3, -0.25) is 9.52 Å². The zero-order chi connectivity index (χ0) is 21.7. The van der Waals surface area contributed by atoms with Gasteiger partial charge >= 0.3 is 0 Å². The Hall–Kier alpha value is -2.74. The van der Waals surface area contributed by atoms with E-state index < -0.39 is 15.9 Å². The second-order valence-corrected chi connectivity index (χ2v) is 8.73. The molecule has 6 nitrogen and oxygen atoms in total. The van der Waals surface area contributed by atoms with Gasteiger partial charge in [0, 0.05) is 12.1 Å². The molecule has 0 aliphatic heterocycles. The number of amides is 1. The van der Waals surface area contributed by atoms with Crippen LogP contribution in [0.25, 0.3) is 0 Å². The highest BCUT2D eigenvalue weighted by atomic mass is 35.5. The van der Waals surface area contributed by atoms with E-state index in [2.05, 4.69) is 10.0 Å². The number of para-hydroxylation sites is 1. The van der Waals surface area contributed by atoms with Crippen LogP contribution in [0.2, 0.25) is 10.0 Å². The van der Waals surface area contributed by atoms with Gasteiger partial charge in [0.2, 0.25) is 0 Å². The third-order valence-electron chi connectivity index (χ3n) is 4.21. The number of halogens is 2. The van der Waals surface area contributed by atoms with Crippen molar-refractivity contribution in [1.82, 2.24) is 5.32 Å². The molecule has 0 aliphatic rings. The summed E-state index contributed by atoms with van der Waals surface area (Å²) in [5.74, 6) is 0.278. The van der Waals surface area contributed by atoms with Crippen molar-refractivity contribution in [2.45, 2.75) is 11.4 Å². The lowest BCUT2D eigenvalue weighted by Crippen LogP contribution is -2.23. The molecule has 0 spiro atoms. The van der Waals surface area contributed by atoms with Crippen LogP contribution in [-0.2, 0) is 16.6 Å². The summed E-state index contributed by atoms with van der Waals surface area (Å²) >= 11 is 12.1. The van der Waals surface area contributed by atoms with E-state index >= 15 is 0 Å². The first-order valence-electron chi connectivity index (χ1n) is 8.78. The first-order valence-corrected chi connectivity index (χ1v) is 11.0. The molecule has 3 aromatic rings. The van der Waals surface area contributed by atoms with Crippen LogP contribution in [0.15, 0.2) is 71.6 Å². The molecule has 156 valence electrons. The van der Waals surface area contributed by atoms with Gasteiger partial charge in [-0.2, -0.15) is 0 Å². The monoisotopic (exact) mass is 464 g/mol. The van der Waals surface area contributed by atoms with Crippen LogP contribution < -0.4 is 14.8 Å². The lowest BCUT2D eigenvalue weighted by Gasteiger charge is -2.12. The summed E-state index contributed by atoms with van der Waals surface area (Å²) in [4.78, 5) is 12.3. The number of benzene rings is 3. The summed E-state index contributed by atoms with van der Waals surface area (Å²) in [5, 5.41) is 2.98. The fourth-order valence-corrected chi connectivity index (χ4v) is 4.47. The number of carbonyl (C=O) groups is 1. The highest BCUT2D eigenvalue weighted by Gasteiger charge is 2.21. The normalized spacial score (nSPS) is 11.0. The van der Waals surface area contributed by atoms with Gasteiger partial charge < -0.3 is 10.1 Å². The van der Waals surface area contributed by atoms with Crippen molar-refractivity contribution in [3.05, 3.63) is 87.9 Å². The molecule has 30 heavy (non-hydrogen) atoms. The van der Waals surface area contributed by atoms with E-state index in [1.807, 2.05) is 12.1 Å². The predicted molar refractivity (Wildman–Crippen MR) is 118 cm³/mol. The molecule has 3 rings (SSSR count). The molecule has 0 atom stereocenters. The van der Waals surface area contributed by atoms with Crippen molar-refractivity contribution < 1.29 is 17.9 Å². The second kappa shape index (κ2) is 9.38. The number of carbonyl (C=O) groups excluding carboxylic acids is 1. The Morgan fingerprint density at radius 2 is 1.67 bits per heavy atom. The van der Waals surface area contributed by atoms with Gasteiger partial charge in [0.05, 0.1) is 22.8 Å². The van der Waals surface area contributed by atoms with Gasteiger partial charge in [-0.05, 0) is 48.0 Å². The van der Waals surface area contributed by atoms with Crippen LogP contribution in [0.5, 0.6) is 5.75 Å². The van der Waals surface area contributed by atoms with Crippen molar-refractivity contribution in [3.63, 3.8) is 0 Å². The molecule has 0 unspecified atom stereocenters. The molecule has 0 aliphatic carbocycles. The van der Waals surface area contributed by atoms with E-state index in [1.54, 1.807) is 37.4 Å². The number of nitrogens with one attached hydrogen (secondary N) is 2. The van der Waals surface area contributed by atoms with Gasteiger partial charge in [-0.1, -0.05) is 47.5 Å². The zero-order valence-corrected chi connectivity index (χ0v) is 18.2. The molecule has 0 heterocycles. The van der Waals surface area contributed by atoms with E-state index in [-0.39, 0.29) is 32.7 Å². The second-order valence-electron chi connectivity index (χ2n) is 6.26. The predicted octanol–water partition coefficient (Wildman–Crippen LogP) is 4.73. The fraction of sp³-hybridized carbons (Fsp3) is 0.0952. The van der Waals surface area contributed by atoms with E-state index in [9.17, 15) is 13.2 Å². The summed E-state index contributed by atoms with van der Waals surface area (Å²) in [7, 11) is -2.48. The van der Waals surface area contributed by atoms with E-state index in [0.29, 0.717) is 5.75 Å². The van der Waals surface area contributed by atoms with Crippen LogP contribution >= 0.6 is 23.2 Å². The summed E-state index contributed by atoms with van der Waals surface area (Å²) in [6.45, 7) is 0.269. The van der Waals surface area contributed by atoms with Gasteiger partial charge in [-0.25, -0.2) is 8.42 Å². The Morgan fingerprint density at radius 3 is 2.33 bits per heavy atom. The summed E-state index contributed by atoms with van der Waals surface area (Å²) in [6, 6.07) is 17.7. The Labute approximate surface area is 184 Å². The average molecular weight is 465 g/mol. The first-order chi connectivity index (χ1) is 14.3. The highest BCUT2D eigenvalue weighted by Crippen LogP contribution is 2.28. The molecule has 0 saturated carbocycles. The number of sulfonamides is 1. The molecule has 3 aromatic carbocycles. The van der Waals surface area contributed by atoms with Gasteiger partial charge in [0.1, 0.15) is 10.6 Å². The van der Waals surface area contributed by atoms with Crippen LogP contribution in [0.3, 0.4) is 0 Å². The number of rotatable bonds is 7. The molecule has 0 fully saturated rings. The van der Waals surface area contributed by atoms with Crippen molar-refractivity contribution in [2.75, 3.05) is 11.8 Å². The van der Waals surface area contributed by atoms with Crippen LogP contribution in [0, 0.1) is 0 Å². The third kappa shape index (κ3) is 5.24. The minimum absolute atomic E-state index is 0.0127. The first kappa shape index (κ1) is 22.0. The Bertz CT molecular complexity index is 1170. The number of methoxy groups -OCH3 is 1. The Kier molecular flexibility index (Phi) is 6.87. The average Bonchev–Trinajstić information content (AvgIpc) is 2.74. The topological polar surface area (TPSA) is 84.5 Å². The van der Waals surface area contributed by atoms with Crippen molar-refractivity contribution >= 4 is 44.8 Å². The zero-order valence-electron chi connectivity index (χ0n) is 15.9. The van der Waals surface area contributed by atoms with Gasteiger partial charge in [0.25, 0.3) is 15.9 Å². The molecule has 2 N–H and O–H groups in total. The maximum absolute atomic E-state index is 12.8. The van der Waals surface area contributed by atoms with Crippen molar-refractivity contribution in [1.29, 1.82) is 0 Å². The Balaban J connectivity index is 1.78. The number of ether oxygens (including phenoxy) is 1. The van der Waals surface area contributed by atoms with E-state index in [1.165, 1.54) is 24.3 Å². The molecule has 0 radical (unpaired) electrons. The van der Waals surface area contributed by atoms with Crippen LogP contribution in [-0.4, -0.2) is 21.4 Å². The molecule has 0 bridgehead atoms. The minimum atomic E-state index is -4.06. The number of hydrogen-bond donors (Lipinski definition) is 2. The SMILES string of the molecule is COc1ccc(CNC(=O)c2ccc(Cl)c(S(=O)(=O)Nc3ccccc3Cl)c2)cc1.